The topological polar surface area (TPSA) is 51.5 Å². The van der Waals surface area contributed by atoms with E-state index >= 15 is 0 Å². The molecule has 1 unspecified atom stereocenters. The van der Waals surface area contributed by atoms with Crippen molar-refractivity contribution in [1.82, 2.24) is 9.47 Å². The number of hydrogen-bond donors (Lipinski definition) is 0. The Hall–Kier alpha value is -2.56. The third-order valence-electron chi connectivity index (χ3n) is 6.09. The van der Waals surface area contributed by atoms with Gasteiger partial charge in [0.1, 0.15) is 6.61 Å². The molecule has 5 rings (SSSR count). The number of aromatic nitrogens is 1. The van der Waals surface area contributed by atoms with E-state index in [1.54, 1.807) is 6.07 Å². The zero-order chi connectivity index (χ0) is 17.7. The van der Waals surface area contributed by atoms with Gasteiger partial charge in [-0.25, -0.2) is 0 Å². The Morgan fingerprint density at radius 1 is 1.08 bits per heavy atom. The Morgan fingerprint density at radius 2 is 1.92 bits per heavy atom. The summed E-state index contributed by atoms with van der Waals surface area (Å²) in [6.45, 7) is 1.84. The number of aryl methyl sites for hydroxylation is 1. The van der Waals surface area contributed by atoms with Crippen molar-refractivity contribution in [2.45, 2.75) is 44.2 Å². The van der Waals surface area contributed by atoms with Crippen LogP contribution in [0.4, 0.5) is 0 Å². The highest BCUT2D eigenvalue weighted by Gasteiger charge is 2.49. The molecule has 0 aliphatic carbocycles. The Labute approximate surface area is 152 Å². The fourth-order valence-electron chi connectivity index (χ4n) is 4.88. The van der Waals surface area contributed by atoms with Gasteiger partial charge in [0, 0.05) is 24.8 Å². The van der Waals surface area contributed by atoms with Crippen LogP contribution in [-0.4, -0.2) is 28.5 Å². The predicted molar refractivity (Wildman–Crippen MR) is 97.5 cm³/mol. The van der Waals surface area contributed by atoms with Crippen molar-refractivity contribution in [1.29, 1.82) is 0 Å². The lowest BCUT2D eigenvalue weighted by molar-refractivity contribution is 0.0582. The van der Waals surface area contributed by atoms with Gasteiger partial charge in [-0.1, -0.05) is 30.3 Å². The molecule has 3 aliphatic rings. The van der Waals surface area contributed by atoms with E-state index in [1.807, 2.05) is 35.2 Å². The number of carbonyl (C=O) groups is 1. The van der Waals surface area contributed by atoms with E-state index in [0.717, 1.165) is 56.5 Å². The molecule has 0 N–H and O–H groups in total. The number of benzene rings is 1. The lowest BCUT2D eigenvalue weighted by Crippen LogP contribution is -2.52. The fourth-order valence-corrected chi connectivity index (χ4v) is 4.88. The summed E-state index contributed by atoms with van der Waals surface area (Å²) in [6.07, 6.45) is 5.09. The van der Waals surface area contributed by atoms with E-state index in [4.69, 9.17) is 4.74 Å². The molecule has 5 heteroatoms. The summed E-state index contributed by atoms with van der Waals surface area (Å²) in [5.74, 6) is 0.173. The number of nitrogens with zero attached hydrogens (tertiary/aromatic N) is 2. The SMILES string of the molecule is O=C1c2c(OCc3ccccc3)c(=O)cc3n2C2(CCCCN1C2)CC3. The van der Waals surface area contributed by atoms with Crippen molar-refractivity contribution in [3.8, 4) is 5.75 Å². The highest BCUT2D eigenvalue weighted by atomic mass is 16.5. The van der Waals surface area contributed by atoms with Crippen LogP contribution in [0.3, 0.4) is 0 Å². The van der Waals surface area contributed by atoms with Crippen molar-refractivity contribution in [3.05, 3.63) is 63.6 Å². The summed E-state index contributed by atoms with van der Waals surface area (Å²) in [5.41, 5.74) is 2.24. The van der Waals surface area contributed by atoms with Crippen LogP contribution in [0.5, 0.6) is 5.75 Å². The second-order valence-corrected chi connectivity index (χ2v) is 7.70. The Kier molecular flexibility index (Phi) is 3.45. The molecule has 1 aromatic heterocycles. The van der Waals surface area contributed by atoms with Gasteiger partial charge in [-0.15, -0.1) is 0 Å². The Morgan fingerprint density at radius 3 is 2.77 bits per heavy atom. The molecule has 1 amide bonds. The molecule has 2 aromatic rings. The fraction of sp³-hybridized carbons (Fsp3) is 0.429. The van der Waals surface area contributed by atoms with Gasteiger partial charge in [0.25, 0.3) is 5.91 Å². The van der Waals surface area contributed by atoms with Crippen LogP contribution >= 0.6 is 0 Å². The van der Waals surface area contributed by atoms with Crippen molar-refractivity contribution >= 4 is 5.91 Å². The first-order valence-corrected chi connectivity index (χ1v) is 9.43. The zero-order valence-corrected chi connectivity index (χ0v) is 14.7. The maximum atomic E-state index is 13.2. The molecule has 134 valence electrons. The largest absolute Gasteiger partial charge is 0.483 e. The lowest BCUT2D eigenvalue weighted by Gasteiger charge is -2.42. The van der Waals surface area contributed by atoms with Crippen LogP contribution in [-0.2, 0) is 18.6 Å². The summed E-state index contributed by atoms with van der Waals surface area (Å²) in [6, 6.07) is 11.4. The normalized spacial score (nSPS) is 23.5. The third-order valence-corrected chi connectivity index (χ3v) is 6.09. The van der Waals surface area contributed by atoms with Gasteiger partial charge < -0.3 is 14.2 Å². The minimum Gasteiger partial charge on any atom is -0.483 e. The number of rotatable bonds is 3. The van der Waals surface area contributed by atoms with Crippen LogP contribution in [0.25, 0.3) is 0 Å². The molecule has 1 atom stereocenters. The number of pyridine rings is 1. The highest BCUT2D eigenvalue weighted by Crippen LogP contribution is 2.44. The van der Waals surface area contributed by atoms with Crippen molar-refractivity contribution in [2.75, 3.05) is 13.1 Å². The van der Waals surface area contributed by atoms with Gasteiger partial charge in [-0.05, 0) is 37.7 Å². The maximum absolute atomic E-state index is 13.2. The van der Waals surface area contributed by atoms with E-state index in [-0.39, 0.29) is 22.6 Å². The molecule has 1 aromatic carbocycles. The number of ether oxygens (including phenoxy) is 1. The van der Waals surface area contributed by atoms with E-state index < -0.39 is 0 Å². The summed E-state index contributed by atoms with van der Waals surface area (Å²) < 4.78 is 8.11. The quantitative estimate of drug-likeness (QED) is 0.855. The first kappa shape index (κ1) is 15.7. The molecule has 26 heavy (non-hydrogen) atoms. The summed E-state index contributed by atoms with van der Waals surface area (Å²) in [7, 11) is 0. The molecule has 1 spiro atoms. The molecule has 2 bridgehead atoms. The number of hydrogen-bond acceptors (Lipinski definition) is 3. The van der Waals surface area contributed by atoms with Gasteiger partial charge in [0.05, 0.1) is 5.54 Å². The monoisotopic (exact) mass is 350 g/mol. The Bertz CT molecular complexity index is 934. The van der Waals surface area contributed by atoms with E-state index in [9.17, 15) is 9.59 Å². The van der Waals surface area contributed by atoms with Crippen LogP contribution < -0.4 is 10.2 Å². The number of fused-ring (bicyclic) bond motifs is 1. The zero-order valence-electron chi connectivity index (χ0n) is 14.7. The molecule has 0 radical (unpaired) electrons. The molecule has 4 heterocycles. The van der Waals surface area contributed by atoms with Crippen LogP contribution in [0.1, 0.15) is 47.4 Å². The van der Waals surface area contributed by atoms with E-state index in [0.29, 0.717) is 12.3 Å². The second kappa shape index (κ2) is 5.73. The first-order valence-electron chi connectivity index (χ1n) is 9.43. The highest BCUT2D eigenvalue weighted by molar-refractivity contribution is 5.96. The standard InChI is InChI=1S/C21H22N2O3/c24-17-12-16-8-10-21-9-4-5-11-22(14-21)20(25)18(23(16)21)19(17)26-13-15-6-2-1-3-7-15/h1-3,6-7,12H,4-5,8-11,13-14H2. The van der Waals surface area contributed by atoms with Crippen molar-refractivity contribution in [3.63, 3.8) is 0 Å². The van der Waals surface area contributed by atoms with Crippen molar-refractivity contribution in [2.24, 2.45) is 0 Å². The maximum Gasteiger partial charge on any atom is 0.274 e. The molecule has 1 saturated heterocycles. The molecular formula is C21H22N2O3. The minimum absolute atomic E-state index is 0.0480. The second-order valence-electron chi connectivity index (χ2n) is 7.70. The molecule has 1 fully saturated rings. The van der Waals surface area contributed by atoms with E-state index in [1.165, 1.54) is 0 Å². The smallest absolute Gasteiger partial charge is 0.274 e. The minimum atomic E-state index is -0.174. The lowest BCUT2D eigenvalue weighted by atomic mass is 9.89. The van der Waals surface area contributed by atoms with Crippen LogP contribution in [0.2, 0.25) is 0 Å². The van der Waals surface area contributed by atoms with Gasteiger partial charge in [0.2, 0.25) is 5.43 Å². The van der Waals surface area contributed by atoms with Crippen LogP contribution in [0.15, 0.2) is 41.2 Å². The van der Waals surface area contributed by atoms with Gasteiger partial charge in [-0.2, -0.15) is 0 Å². The average molecular weight is 350 g/mol. The number of amides is 1. The average Bonchev–Trinajstić information content (AvgIpc) is 2.88. The van der Waals surface area contributed by atoms with E-state index in [2.05, 4.69) is 4.57 Å². The van der Waals surface area contributed by atoms with Gasteiger partial charge in [0.15, 0.2) is 11.4 Å². The third kappa shape index (κ3) is 2.23. The summed E-state index contributed by atoms with van der Waals surface area (Å²) >= 11 is 0. The van der Waals surface area contributed by atoms with Crippen LogP contribution in [0, 0.1) is 0 Å². The van der Waals surface area contributed by atoms with Crippen molar-refractivity contribution < 1.29 is 9.53 Å². The Balaban J connectivity index is 1.63. The van der Waals surface area contributed by atoms with Gasteiger partial charge >= 0.3 is 0 Å². The molecular weight excluding hydrogens is 328 g/mol. The van der Waals surface area contributed by atoms with Gasteiger partial charge in [-0.3, -0.25) is 9.59 Å². The molecule has 3 aliphatic heterocycles. The predicted octanol–water partition coefficient (Wildman–Crippen LogP) is 2.71. The molecule has 5 nitrogen and oxygen atoms in total. The summed E-state index contributed by atoms with van der Waals surface area (Å²) in [4.78, 5) is 27.9. The first-order chi connectivity index (χ1) is 12.7. The number of carbonyl (C=O) groups excluding carboxylic acids is 1. The molecule has 0 saturated carbocycles. The summed E-state index contributed by atoms with van der Waals surface area (Å²) in [5, 5.41) is 0.